The third-order valence-electron chi connectivity index (χ3n) is 2.71. The van der Waals surface area contributed by atoms with Crippen LogP contribution < -0.4 is 4.74 Å². The SMILES string of the molecule is O=C1CC=C(c2ccccc2OC(F)(F)F)CC1. The minimum atomic E-state index is -4.71. The molecule has 0 amide bonds. The summed E-state index contributed by atoms with van der Waals surface area (Å²) in [6.45, 7) is 0. The van der Waals surface area contributed by atoms with Crippen molar-refractivity contribution in [2.75, 3.05) is 0 Å². The molecule has 0 aliphatic heterocycles. The molecule has 0 bridgehead atoms. The van der Waals surface area contributed by atoms with Crippen molar-refractivity contribution in [3.8, 4) is 5.75 Å². The maximum absolute atomic E-state index is 12.3. The van der Waals surface area contributed by atoms with Crippen LogP contribution >= 0.6 is 0 Å². The zero-order valence-corrected chi connectivity index (χ0v) is 9.46. The Kier molecular flexibility index (Phi) is 3.41. The minimum absolute atomic E-state index is 0.105. The third-order valence-corrected chi connectivity index (χ3v) is 2.71. The molecule has 96 valence electrons. The van der Waals surface area contributed by atoms with Gasteiger partial charge in [-0.3, -0.25) is 4.79 Å². The lowest BCUT2D eigenvalue weighted by atomic mass is 9.92. The highest BCUT2D eigenvalue weighted by Crippen LogP contribution is 2.34. The second kappa shape index (κ2) is 4.84. The maximum atomic E-state index is 12.3. The number of alkyl halides is 3. The molecule has 5 heteroatoms. The summed E-state index contributed by atoms with van der Waals surface area (Å²) in [7, 11) is 0. The first-order valence-electron chi connectivity index (χ1n) is 5.51. The molecule has 0 saturated carbocycles. The standard InChI is InChI=1S/C13H11F3O2/c14-13(15,16)18-12-4-2-1-3-11(12)9-5-7-10(17)8-6-9/h1-5H,6-8H2. The molecule has 1 aliphatic rings. The molecule has 1 aromatic rings. The van der Waals surface area contributed by atoms with E-state index in [0.29, 0.717) is 18.4 Å². The van der Waals surface area contributed by atoms with Crippen molar-refractivity contribution < 1.29 is 22.7 Å². The normalized spacial score (nSPS) is 16.4. The van der Waals surface area contributed by atoms with Crippen molar-refractivity contribution in [1.29, 1.82) is 0 Å². The molecule has 0 aromatic heterocycles. The molecule has 1 aliphatic carbocycles. The van der Waals surface area contributed by atoms with Crippen LogP contribution in [0.3, 0.4) is 0 Å². The second-order valence-electron chi connectivity index (χ2n) is 4.02. The molecule has 18 heavy (non-hydrogen) atoms. The van der Waals surface area contributed by atoms with Crippen LogP contribution in [-0.4, -0.2) is 12.1 Å². The molecule has 1 aromatic carbocycles. The molecule has 0 unspecified atom stereocenters. The Balaban J connectivity index is 2.30. The Labute approximate surface area is 102 Å². The van der Waals surface area contributed by atoms with Crippen molar-refractivity contribution in [3.63, 3.8) is 0 Å². The lowest BCUT2D eigenvalue weighted by molar-refractivity contribution is -0.274. The largest absolute Gasteiger partial charge is 0.573 e. The minimum Gasteiger partial charge on any atom is -0.405 e. The van der Waals surface area contributed by atoms with Crippen LogP contribution in [0.2, 0.25) is 0 Å². The van der Waals surface area contributed by atoms with Gasteiger partial charge in [0.2, 0.25) is 0 Å². The monoisotopic (exact) mass is 256 g/mol. The number of benzene rings is 1. The first-order valence-corrected chi connectivity index (χ1v) is 5.51. The summed E-state index contributed by atoms with van der Waals surface area (Å²) in [5.74, 6) is -0.112. The predicted molar refractivity (Wildman–Crippen MR) is 60.0 cm³/mol. The lowest BCUT2D eigenvalue weighted by Crippen LogP contribution is -2.18. The van der Waals surface area contributed by atoms with Gasteiger partial charge in [-0.25, -0.2) is 0 Å². The average molecular weight is 256 g/mol. The van der Waals surface area contributed by atoms with Gasteiger partial charge in [0, 0.05) is 18.4 Å². The van der Waals surface area contributed by atoms with Crippen LogP contribution in [0.1, 0.15) is 24.8 Å². The number of halogens is 3. The Morgan fingerprint density at radius 1 is 1.11 bits per heavy atom. The third kappa shape index (κ3) is 3.12. The van der Waals surface area contributed by atoms with E-state index in [4.69, 9.17) is 0 Å². The van der Waals surface area contributed by atoms with E-state index in [-0.39, 0.29) is 18.0 Å². The maximum Gasteiger partial charge on any atom is 0.573 e. The Morgan fingerprint density at radius 3 is 2.44 bits per heavy atom. The van der Waals surface area contributed by atoms with Gasteiger partial charge in [-0.05, 0) is 18.1 Å². The molecule has 2 rings (SSSR count). The summed E-state index contributed by atoms with van der Waals surface area (Å²) in [4.78, 5) is 11.1. The fourth-order valence-corrected chi connectivity index (χ4v) is 1.91. The summed E-state index contributed by atoms with van der Waals surface area (Å²) in [5.41, 5.74) is 1.14. The zero-order valence-electron chi connectivity index (χ0n) is 9.46. The van der Waals surface area contributed by atoms with Gasteiger partial charge in [0.15, 0.2) is 0 Å². The summed E-state index contributed by atoms with van der Waals surface area (Å²) >= 11 is 0. The number of carbonyl (C=O) groups is 1. The number of rotatable bonds is 2. The van der Waals surface area contributed by atoms with E-state index < -0.39 is 6.36 Å². The summed E-state index contributed by atoms with van der Waals surface area (Å²) in [6.07, 6.45) is -1.94. The van der Waals surface area contributed by atoms with E-state index in [0.717, 1.165) is 5.57 Å². The average Bonchev–Trinajstić information content (AvgIpc) is 2.29. The van der Waals surface area contributed by atoms with E-state index in [1.807, 2.05) is 0 Å². The summed E-state index contributed by atoms with van der Waals surface area (Å²) in [5, 5.41) is 0. The smallest absolute Gasteiger partial charge is 0.405 e. The van der Waals surface area contributed by atoms with Crippen LogP contribution in [0, 0.1) is 0 Å². The molecule has 0 saturated heterocycles. The van der Waals surface area contributed by atoms with Gasteiger partial charge in [-0.1, -0.05) is 24.3 Å². The molecule has 2 nitrogen and oxygen atoms in total. The van der Waals surface area contributed by atoms with E-state index in [1.54, 1.807) is 18.2 Å². The van der Waals surface area contributed by atoms with Crippen LogP contribution in [0.5, 0.6) is 5.75 Å². The number of hydrogen-bond acceptors (Lipinski definition) is 2. The van der Waals surface area contributed by atoms with Gasteiger partial charge in [0.1, 0.15) is 11.5 Å². The fourth-order valence-electron chi connectivity index (χ4n) is 1.91. The number of hydrogen-bond donors (Lipinski definition) is 0. The lowest BCUT2D eigenvalue weighted by Gasteiger charge is -2.17. The van der Waals surface area contributed by atoms with Crippen LogP contribution in [0.25, 0.3) is 5.57 Å². The second-order valence-corrected chi connectivity index (χ2v) is 4.02. The Bertz CT molecular complexity index is 489. The van der Waals surface area contributed by atoms with E-state index in [9.17, 15) is 18.0 Å². The van der Waals surface area contributed by atoms with E-state index in [1.165, 1.54) is 12.1 Å². The summed E-state index contributed by atoms with van der Waals surface area (Å²) < 4.78 is 40.8. The number of ether oxygens (including phenoxy) is 1. The quantitative estimate of drug-likeness (QED) is 0.806. The fraction of sp³-hybridized carbons (Fsp3) is 0.308. The van der Waals surface area contributed by atoms with E-state index >= 15 is 0 Å². The number of allylic oxidation sites excluding steroid dienone is 2. The van der Waals surface area contributed by atoms with E-state index in [2.05, 4.69) is 4.74 Å². The number of para-hydroxylation sites is 1. The number of Topliss-reactive ketones (excluding diaryl/α,β-unsaturated/α-hetero) is 1. The highest BCUT2D eigenvalue weighted by atomic mass is 19.4. The molecule has 0 atom stereocenters. The molecular weight excluding hydrogens is 245 g/mol. The molecular formula is C13H11F3O2. The highest BCUT2D eigenvalue weighted by molar-refractivity contribution is 5.87. The molecule has 0 radical (unpaired) electrons. The van der Waals surface area contributed by atoms with Crippen LogP contribution in [0.4, 0.5) is 13.2 Å². The number of carbonyl (C=O) groups excluding carboxylic acids is 1. The van der Waals surface area contributed by atoms with Crippen LogP contribution in [0.15, 0.2) is 30.3 Å². The van der Waals surface area contributed by atoms with Gasteiger partial charge >= 0.3 is 6.36 Å². The Hall–Kier alpha value is -1.78. The van der Waals surface area contributed by atoms with Crippen molar-refractivity contribution in [2.45, 2.75) is 25.6 Å². The Morgan fingerprint density at radius 2 is 1.83 bits per heavy atom. The zero-order chi connectivity index (χ0) is 13.2. The number of ketones is 1. The van der Waals surface area contributed by atoms with Crippen molar-refractivity contribution in [2.24, 2.45) is 0 Å². The molecule has 0 heterocycles. The van der Waals surface area contributed by atoms with Crippen molar-refractivity contribution in [3.05, 3.63) is 35.9 Å². The van der Waals surface area contributed by atoms with Crippen LogP contribution in [-0.2, 0) is 4.79 Å². The molecule has 0 N–H and O–H groups in total. The van der Waals surface area contributed by atoms with Crippen molar-refractivity contribution in [1.82, 2.24) is 0 Å². The molecule has 0 fully saturated rings. The van der Waals surface area contributed by atoms with Gasteiger partial charge in [0.05, 0.1) is 0 Å². The predicted octanol–water partition coefficient (Wildman–Crippen LogP) is 3.72. The van der Waals surface area contributed by atoms with Gasteiger partial charge < -0.3 is 4.74 Å². The van der Waals surface area contributed by atoms with Crippen molar-refractivity contribution >= 4 is 11.4 Å². The van der Waals surface area contributed by atoms with Gasteiger partial charge in [-0.2, -0.15) is 0 Å². The first kappa shape index (κ1) is 12.7. The molecule has 0 spiro atoms. The topological polar surface area (TPSA) is 26.3 Å². The summed E-state index contributed by atoms with van der Waals surface area (Å²) in [6, 6.07) is 5.98. The van der Waals surface area contributed by atoms with Gasteiger partial charge in [0.25, 0.3) is 0 Å². The highest BCUT2D eigenvalue weighted by Gasteiger charge is 2.32. The van der Waals surface area contributed by atoms with Gasteiger partial charge in [-0.15, -0.1) is 13.2 Å². The first-order chi connectivity index (χ1) is 8.46.